The van der Waals surface area contributed by atoms with Gasteiger partial charge in [-0.2, -0.15) is 0 Å². The molecule has 2 aromatic heterocycles. The highest BCUT2D eigenvalue weighted by Crippen LogP contribution is 2.18. The summed E-state index contributed by atoms with van der Waals surface area (Å²) in [5.74, 6) is 1.36. The van der Waals surface area contributed by atoms with Crippen LogP contribution in [0.4, 0.5) is 0 Å². The van der Waals surface area contributed by atoms with Crippen molar-refractivity contribution in [1.82, 2.24) is 14.5 Å². The van der Waals surface area contributed by atoms with Crippen LogP contribution >= 0.6 is 0 Å². The fraction of sp³-hybridized carbons (Fsp3) is 0.300. The molecular formula is C10H12N3. The number of fused-ring (bicyclic) bond motifs is 1. The van der Waals surface area contributed by atoms with Gasteiger partial charge in [0.1, 0.15) is 5.82 Å². The molecule has 0 N–H and O–H groups in total. The number of nitrogens with zero attached hydrogens (tertiary/aromatic N) is 3. The van der Waals surface area contributed by atoms with E-state index in [-0.39, 0.29) is 0 Å². The lowest BCUT2D eigenvalue weighted by atomic mass is 10.2. The third-order valence-corrected chi connectivity index (χ3v) is 2.07. The average molecular weight is 174 g/mol. The Morgan fingerprint density at radius 3 is 2.85 bits per heavy atom. The molecule has 0 aromatic carbocycles. The van der Waals surface area contributed by atoms with Crippen LogP contribution < -0.4 is 0 Å². The molecule has 1 radical (unpaired) electrons. The van der Waals surface area contributed by atoms with Gasteiger partial charge in [0.15, 0.2) is 5.65 Å². The predicted molar refractivity (Wildman–Crippen MR) is 52.4 cm³/mol. The maximum Gasteiger partial charge on any atom is 0.177 e. The highest BCUT2D eigenvalue weighted by molar-refractivity contribution is 5.71. The van der Waals surface area contributed by atoms with E-state index < -0.39 is 0 Å². The normalized spacial score (nSPS) is 11.4. The number of hydrogen-bond acceptors (Lipinski definition) is 2. The van der Waals surface area contributed by atoms with E-state index in [1.165, 1.54) is 0 Å². The largest absolute Gasteiger partial charge is 0.325 e. The van der Waals surface area contributed by atoms with Crippen LogP contribution in [-0.2, 0) is 0 Å². The van der Waals surface area contributed by atoms with Crippen LogP contribution in [0.3, 0.4) is 0 Å². The zero-order valence-electron chi connectivity index (χ0n) is 7.86. The molecule has 0 fully saturated rings. The molecule has 0 spiro atoms. The smallest absolute Gasteiger partial charge is 0.177 e. The first-order chi connectivity index (χ1) is 6.20. The van der Waals surface area contributed by atoms with Crippen molar-refractivity contribution < 1.29 is 0 Å². The molecule has 3 nitrogen and oxygen atoms in total. The molecule has 67 valence electrons. The molecule has 0 bridgehead atoms. The maximum atomic E-state index is 4.40. The topological polar surface area (TPSA) is 30.7 Å². The van der Waals surface area contributed by atoms with Gasteiger partial charge in [-0.05, 0) is 12.1 Å². The average Bonchev–Trinajstić information content (AvgIpc) is 2.45. The van der Waals surface area contributed by atoms with E-state index in [1.54, 1.807) is 6.20 Å². The molecule has 0 aliphatic heterocycles. The van der Waals surface area contributed by atoms with Crippen LogP contribution in [-0.4, -0.2) is 14.5 Å². The van der Waals surface area contributed by atoms with Crippen LogP contribution in [0.2, 0.25) is 0 Å². The van der Waals surface area contributed by atoms with E-state index in [9.17, 15) is 0 Å². The van der Waals surface area contributed by atoms with Gasteiger partial charge >= 0.3 is 0 Å². The van der Waals surface area contributed by atoms with E-state index in [0.717, 1.165) is 17.0 Å². The van der Waals surface area contributed by atoms with Gasteiger partial charge in [0.2, 0.25) is 0 Å². The summed E-state index contributed by atoms with van der Waals surface area (Å²) in [7, 11) is 3.94. The summed E-state index contributed by atoms with van der Waals surface area (Å²) in [6.07, 6.45) is 1.75. The molecule has 2 rings (SSSR count). The molecule has 13 heavy (non-hydrogen) atoms. The van der Waals surface area contributed by atoms with Gasteiger partial charge in [-0.15, -0.1) is 0 Å². The summed E-state index contributed by atoms with van der Waals surface area (Å²) >= 11 is 0. The quantitative estimate of drug-likeness (QED) is 0.663. The molecule has 0 saturated heterocycles. The minimum absolute atomic E-state index is 0.381. The van der Waals surface area contributed by atoms with Crippen molar-refractivity contribution in [3.05, 3.63) is 31.2 Å². The second-order valence-electron chi connectivity index (χ2n) is 3.40. The van der Waals surface area contributed by atoms with Crippen molar-refractivity contribution in [2.24, 2.45) is 0 Å². The lowest BCUT2D eigenvalue weighted by Crippen LogP contribution is -1.97. The minimum Gasteiger partial charge on any atom is -0.325 e. The SMILES string of the molecule is [CH2]n1c(C(C)C)nc2ncccc21. The Morgan fingerprint density at radius 1 is 1.46 bits per heavy atom. The Labute approximate surface area is 77.4 Å². The van der Waals surface area contributed by atoms with Crippen molar-refractivity contribution in [3.63, 3.8) is 0 Å². The van der Waals surface area contributed by atoms with Crippen molar-refractivity contribution in [2.75, 3.05) is 0 Å². The minimum atomic E-state index is 0.381. The molecule has 0 saturated carbocycles. The first-order valence-electron chi connectivity index (χ1n) is 4.34. The fourth-order valence-corrected chi connectivity index (χ4v) is 1.42. The van der Waals surface area contributed by atoms with Crippen molar-refractivity contribution in [3.8, 4) is 0 Å². The van der Waals surface area contributed by atoms with Crippen LogP contribution in [0.5, 0.6) is 0 Å². The molecule has 2 heterocycles. The van der Waals surface area contributed by atoms with Gasteiger partial charge in [-0.3, -0.25) is 0 Å². The first kappa shape index (κ1) is 8.23. The van der Waals surface area contributed by atoms with Crippen LogP contribution in [0.25, 0.3) is 11.2 Å². The highest BCUT2D eigenvalue weighted by atomic mass is 15.1. The van der Waals surface area contributed by atoms with E-state index in [4.69, 9.17) is 0 Å². The zero-order chi connectivity index (χ0) is 9.42. The van der Waals surface area contributed by atoms with Crippen LogP contribution in [0.15, 0.2) is 18.3 Å². The zero-order valence-corrected chi connectivity index (χ0v) is 7.86. The van der Waals surface area contributed by atoms with E-state index >= 15 is 0 Å². The fourth-order valence-electron chi connectivity index (χ4n) is 1.42. The summed E-state index contributed by atoms with van der Waals surface area (Å²) in [4.78, 5) is 8.57. The lowest BCUT2D eigenvalue weighted by molar-refractivity contribution is 0.757. The van der Waals surface area contributed by atoms with Crippen molar-refractivity contribution in [1.29, 1.82) is 0 Å². The van der Waals surface area contributed by atoms with Gasteiger partial charge in [0.25, 0.3) is 0 Å². The predicted octanol–water partition coefficient (Wildman–Crippen LogP) is 2.19. The standard InChI is InChI=1S/C10H12N3/c1-7(2)10-12-9-8(13(10)3)5-4-6-11-9/h4-7H,3H2,1-2H3. The van der Waals surface area contributed by atoms with Crippen LogP contribution in [0.1, 0.15) is 25.6 Å². The summed E-state index contributed by atoms with van der Waals surface area (Å²) in [6, 6.07) is 3.88. The van der Waals surface area contributed by atoms with Gasteiger partial charge in [0, 0.05) is 19.2 Å². The summed E-state index contributed by atoms with van der Waals surface area (Å²) in [6.45, 7) is 4.20. The molecule has 0 atom stereocenters. The summed E-state index contributed by atoms with van der Waals surface area (Å²) in [5.41, 5.74) is 1.77. The molecule has 0 aliphatic rings. The van der Waals surface area contributed by atoms with Crippen molar-refractivity contribution in [2.45, 2.75) is 19.8 Å². The second-order valence-corrected chi connectivity index (χ2v) is 3.40. The summed E-state index contributed by atoms with van der Waals surface area (Å²) in [5, 5.41) is 0. The van der Waals surface area contributed by atoms with Gasteiger partial charge in [-0.25, -0.2) is 9.97 Å². The monoisotopic (exact) mass is 174 g/mol. The number of imidazole rings is 1. The highest BCUT2D eigenvalue weighted by Gasteiger charge is 2.10. The van der Waals surface area contributed by atoms with Crippen molar-refractivity contribution >= 4 is 11.2 Å². The number of hydrogen-bond donors (Lipinski definition) is 0. The van der Waals surface area contributed by atoms with Gasteiger partial charge in [-0.1, -0.05) is 13.8 Å². The summed E-state index contributed by atoms with van der Waals surface area (Å²) < 4.78 is 1.85. The first-order valence-corrected chi connectivity index (χ1v) is 4.34. The number of rotatable bonds is 1. The van der Waals surface area contributed by atoms with Gasteiger partial charge < -0.3 is 4.57 Å². The Kier molecular flexibility index (Phi) is 1.79. The van der Waals surface area contributed by atoms with E-state index in [2.05, 4.69) is 30.9 Å². The Morgan fingerprint density at radius 2 is 2.23 bits per heavy atom. The maximum absolute atomic E-state index is 4.40. The molecule has 0 amide bonds. The number of pyridine rings is 1. The third kappa shape index (κ3) is 1.20. The van der Waals surface area contributed by atoms with Gasteiger partial charge in [0.05, 0.1) is 5.52 Å². The Bertz CT molecular complexity index is 429. The van der Waals surface area contributed by atoms with E-state index in [0.29, 0.717) is 5.92 Å². The molecular weight excluding hydrogens is 162 g/mol. The Balaban J connectivity index is 2.74. The van der Waals surface area contributed by atoms with E-state index in [1.807, 2.05) is 16.7 Å². The second kappa shape index (κ2) is 2.83. The van der Waals surface area contributed by atoms with Crippen LogP contribution in [0, 0.1) is 7.05 Å². The number of aromatic nitrogens is 3. The Hall–Kier alpha value is -1.38. The lowest BCUT2D eigenvalue weighted by Gasteiger charge is -2.03. The molecule has 0 aliphatic carbocycles. The third-order valence-electron chi connectivity index (χ3n) is 2.07. The molecule has 0 unspecified atom stereocenters. The molecule has 3 heteroatoms. The molecule has 2 aromatic rings.